The molecule has 1 aliphatic rings. The third-order valence-electron chi connectivity index (χ3n) is 4.41. The minimum Gasteiger partial charge on any atom is -0.467 e. The Morgan fingerprint density at radius 3 is 2.81 bits per heavy atom. The highest BCUT2D eigenvalue weighted by atomic mass is 16.5. The maximum atomic E-state index is 12.3. The number of benzene rings is 1. The Morgan fingerprint density at radius 1 is 1.19 bits per heavy atom. The highest BCUT2D eigenvalue weighted by molar-refractivity contribution is 5.86. The van der Waals surface area contributed by atoms with E-state index in [9.17, 15) is 9.59 Å². The van der Waals surface area contributed by atoms with Gasteiger partial charge in [0.1, 0.15) is 24.3 Å². The Balaban J connectivity index is 1.31. The fourth-order valence-corrected chi connectivity index (χ4v) is 3.02. The topological polar surface area (TPSA) is 85.8 Å². The summed E-state index contributed by atoms with van der Waals surface area (Å²) in [7, 11) is 0. The number of oxazole rings is 1. The van der Waals surface area contributed by atoms with Crippen molar-refractivity contribution in [3.05, 3.63) is 66.4 Å². The lowest BCUT2D eigenvalue weighted by Crippen LogP contribution is -2.26. The molecule has 3 heterocycles. The first-order valence-electron chi connectivity index (χ1n) is 8.65. The quantitative estimate of drug-likeness (QED) is 0.624. The Hall–Kier alpha value is -3.35. The van der Waals surface area contributed by atoms with E-state index in [1.807, 2.05) is 30.3 Å². The zero-order chi connectivity index (χ0) is 18.6. The van der Waals surface area contributed by atoms with E-state index in [-0.39, 0.29) is 18.9 Å². The van der Waals surface area contributed by atoms with Crippen LogP contribution in [0.25, 0.3) is 11.5 Å². The van der Waals surface area contributed by atoms with Crippen LogP contribution >= 0.6 is 0 Å². The molecule has 1 fully saturated rings. The van der Waals surface area contributed by atoms with Gasteiger partial charge in [0.15, 0.2) is 0 Å². The molecule has 0 unspecified atom stereocenters. The number of aromatic nitrogens is 1. The highest BCUT2D eigenvalue weighted by Crippen LogP contribution is 2.23. The molecule has 1 amide bonds. The second kappa shape index (κ2) is 7.49. The van der Waals surface area contributed by atoms with E-state index >= 15 is 0 Å². The van der Waals surface area contributed by atoms with Gasteiger partial charge in [0.25, 0.3) is 0 Å². The van der Waals surface area contributed by atoms with E-state index in [1.165, 1.54) is 6.26 Å². The van der Waals surface area contributed by atoms with E-state index in [0.29, 0.717) is 30.4 Å². The SMILES string of the molecule is O=C(OCc1coc(-c2ccccc2)n1)[C@@H]1CC(=O)N(Cc2ccco2)C1. The van der Waals surface area contributed by atoms with E-state index in [1.54, 1.807) is 23.3 Å². The zero-order valence-electron chi connectivity index (χ0n) is 14.5. The lowest BCUT2D eigenvalue weighted by Gasteiger charge is -2.14. The van der Waals surface area contributed by atoms with Gasteiger partial charge in [-0.05, 0) is 24.3 Å². The van der Waals surface area contributed by atoms with Gasteiger partial charge in [-0.15, -0.1) is 0 Å². The average molecular weight is 366 g/mol. The number of likely N-dealkylation sites (tertiary alicyclic amines) is 1. The molecule has 3 aromatic rings. The number of hydrogen-bond acceptors (Lipinski definition) is 6. The number of rotatable bonds is 6. The molecule has 0 N–H and O–H groups in total. The summed E-state index contributed by atoms with van der Waals surface area (Å²) in [5.41, 5.74) is 1.38. The van der Waals surface area contributed by atoms with Crippen molar-refractivity contribution in [1.82, 2.24) is 9.88 Å². The lowest BCUT2D eigenvalue weighted by molar-refractivity contribution is -0.149. The van der Waals surface area contributed by atoms with Gasteiger partial charge >= 0.3 is 5.97 Å². The van der Waals surface area contributed by atoms with Gasteiger partial charge in [-0.25, -0.2) is 4.98 Å². The fraction of sp³-hybridized carbons (Fsp3) is 0.250. The van der Waals surface area contributed by atoms with Crippen molar-refractivity contribution in [2.45, 2.75) is 19.6 Å². The minimum atomic E-state index is -0.479. The maximum absolute atomic E-state index is 12.3. The first-order valence-corrected chi connectivity index (χ1v) is 8.65. The molecule has 1 aromatic carbocycles. The van der Waals surface area contributed by atoms with E-state index in [4.69, 9.17) is 13.6 Å². The summed E-state index contributed by atoms with van der Waals surface area (Å²) >= 11 is 0. The molecule has 0 bridgehead atoms. The smallest absolute Gasteiger partial charge is 0.311 e. The van der Waals surface area contributed by atoms with Crippen molar-refractivity contribution in [2.75, 3.05) is 6.54 Å². The normalized spacial score (nSPS) is 16.7. The van der Waals surface area contributed by atoms with Gasteiger partial charge in [-0.1, -0.05) is 18.2 Å². The number of ether oxygens (including phenoxy) is 1. The van der Waals surface area contributed by atoms with Crippen molar-refractivity contribution >= 4 is 11.9 Å². The Bertz CT molecular complexity index is 917. The molecular weight excluding hydrogens is 348 g/mol. The Labute approximate surface area is 155 Å². The molecule has 0 saturated carbocycles. The Kier molecular flexibility index (Phi) is 4.74. The van der Waals surface area contributed by atoms with Crippen molar-refractivity contribution in [3.63, 3.8) is 0 Å². The second-order valence-electron chi connectivity index (χ2n) is 6.37. The predicted octanol–water partition coefficient (Wildman–Crippen LogP) is 3.03. The standard InChI is InChI=1S/C20H18N2O5/c23-18-9-15(10-22(18)11-17-7-4-8-25-17)20(24)27-13-16-12-26-19(21-16)14-5-2-1-3-6-14/h1-8,12,15H,9-11,13H2/t15-/m1/s1. The van der Waals surface area contributed by atoms with Gasteiger partial charge in [0, 0.05) is 18.5 Å². The minimum absolute atomic E-state index is 0.0119. The van der Waals surface area contributed by atoms with Crippen LogP contribution in [0.5, 0.6) is 0 Å². The molecule has 0 radical (unpaired) electrons. The van der Waals surface area contributed by atoms with Crippen LogP contribution in [-0.2, 0) is 27.5 Å². The summed E-state index contributed by atoms with van der Waals surface area (Å²) in [6.07, 6.45) is 3.18. The Morgan fingerprint density at radius 2 is 2.04 bits per heavy atom. The first kappa shape index (κ1) is 17.1. The van der Waals surface area contributed by atoms with Gasteiger partial charge in [0.2, 0.25) is 11.8 Å². The number of nitrogens with zero attached hydrogens (tertiary/aromatic N) is 2. The van der Waals surface area contributed by atoms with Gasteiger partial charge in [0.05, 0.1) is 18.7 Å². The van der Waals surface area contributed by atoms with Crippen LogP contribution in [0, 0.1) is 5.92 Å². The third kappa shape index (κ3) is 3.92. The van der Waals surface area contributed by atoms with Crippen LogP contribution in [0.2, 0.25) is 0 Å². The molecule has 1 saturated heterocycles. The average Bonchev–Trinajstić information content (AvgIpc) is 3.43. The molecule has 1 aliphatic heterocycles. The number of amides is 1. The molecule has 7 heteroatoms. The van der Waals surface area contributed by atoms with Crippen molar-refractivity contribution in [2.24, 2.45) is 5.92 Å². The van der Waals surface area contributed by atoms with E-state index in [0.717, 1.165) is 5.56 Å². The van der Waals surface area contributed by atoms with Gasteiger partial charge < -0.3 is 18.5 Å². The van der Waals surface area contributed by atoms with E-state index < -0.39 is 11.9 Å². The number of furan rings is 1. The summed E-state index contributed by atoms with van der Waals surface area (Å²) in [6.45, 7) is 0.698. The predicted molar refractivity (Wildman–Crippen MR) is 94.0 cm³/mol. The second-order valence-corrected chi connectivity index (χ2v) is 6.37. The summed E-state index contributed by atoms with van der Waals surface area (Å²) in [5.74, 6) is 0.194. The maximum Gasteiger partial charge on any atom is 0.311 e. The lowest BCUT2D eigenvalue weighted by atomic mass is 10.1. The van der Waals surface area contributed by atoms with Crippen molar-refractivity contribution in [3.8, 4) is 11.5 Å². The molecule has 1 atom stereocenters. The van der Waals surface area contributed by atoms with Crippen LogP contribution in [0.15, 0.2) is 63.8 Å². The van der Waals surface area contributed by atoms with Crippen LogP contribution in [0.4, 0.5) is 0 Å². The largest absolute Gasteiger partial charge is 0.467 e. The summed E-state index contributed by atoms with van der Waals surface area (Å²) in [6, 6.07) is 13.0. The summed E-state index contributed by atoms with van der Waals surface area (Å²) in [4.78, 5) is 30.3. The van der Waals surface area contributed by atoms with Crippen molar-refractivity contribution in [1.29, 1.82) is 0 Å². The fourth-order valence-electron chi connectivity index (χ4n) is 3.02. The number of carbonyl (C=O) groups is 2. The molecule has 0 spiro atoms. The number of esters is 1. The van der Waals surface area contributed by atoms with Gasteiger partial charge in [-0.2, -0.15) is 0 Å². The molecular formula is C20H18N2O5. The third-order valence-corrected chi connectivity index (χ3v) is 4.41. The monoisotopic (exact) mass is 366 g/mol. The number of hydrogen-bond donors (Lipinski definition) is 0. The molecule has 7 nitrogen and oxygen atoms in total. The van der Waals surface area contributed by atoms with Crippen LogP contribution in [-0.4, -0.2) is 28.3 Å². The van der Waals surface area contributed by atoms with Crippen LogP contribution < -0.4 is 0 Å². The molecule has 27 heavy (non-hydrogen) atoms. The summed E-state index contributed by atoms with van der Waals surface area (Å²) < 4.78 is 16.0. The van der Waals surface area contributed by atoms with E-state index in [2.05, 4.69) is 4.98 Å². The van der Waals surface area contributed by atoms with Crippen LogP contribution in [0.1, 0.15) is 17.9 Å². The molecule has 4 rings (SSSR count). The first-order chi connectivity index (χ1) is 13.2. The molecule has 138 valence electrons. The number of carbonyl (C=O) groups excluding carboxylic acids is 2. The van der Waals surface area contributed by atoms with Gasteiger partial charge in [-0.3, -0.25) is 9.59 Å². The highest BCUT2D eigenvalue weighted by Gasteiger charge is 2.35. The molecule has 0 aliphatic carbocycles. The van der Waals surface area contributed by atoms with Crippen molar-refractivity contribution < 1.29 is 23.2 Å². The molecule has 2 aromatic heterocycles. The van der Waals surface area contributed by atoms with Crippen LogP contribution in [0.3, 0.4) is 0 Å². The zero-order valence-corrected chi connectivity index (χ0v) is 14.5. The summed E-state index contributed by atoms with van der Waals surface area (Å²) in [5, 5.41) is 0.